The molecule has 1 atom stereocenters. The summed E-state index contributed by atoms with van der Waals surface area (Å²) in [7, 11) is 2.02. The fourth-order valence-electron chi connectivity index (χ4n) is 2.01. The molecule has 2 rings (SSSR count). The molecule has 0 radical (unpaired) electrons. The molecule has 0 saturated carbocycles. The molecule has 1 aliphatic rings. The van der Waals surface area contributed by atoms with Gasteiger partial charge in [-0.2, -0.15) is 0 Å². The van der Waals surface area contributed by atoms with Gasteiger partial charge < -0.3 is 9.73 Å². The number of rotatable bonds is 3. The first-order valence-corrected chi connectivity index (χ1v) is 5.51. The second-order valence-electron chi connectivity index (χ2n) is 4.26. The van der Waals surface area contributed by atoms with Crippen LogP contribution in [0.25, 0.3) is 0 Å². The second-order valence-corrected chi connectivity index (χ2v) is 4.26. The molecule has 0 spiro atoms. The van der Waals surface area contributed by atoms with Crippen molar-refractivity contribution in [1.82, 2.24) is 15.2 Å². The second kappa shape index (κ2) is 4.33. The summed E-state index contributed by atoms with van der Waals surface area (Å²) in [5.74, 6) is 1.79. The molecule has 0 bridgehead atoms. The standard InChI is InChI=1S/C11H19N3O/c1-8-9(2)15-11(13-8)7-14-5-4-10(6-14)12-3/h10,12H,4-7H2,1-3H3. The van der Waals surface area contributed by atoms with Gasteiger partial charge in [-0.05, 0) is 27.3 Å². The Morgan fingerprint density at radius 1 is 1.53 bits per heavy atom. The number of aromatic nitrogens is 1. The van der Waals surface area contributed by atoms with Gasteiger partial charge in [-0.15, -0.1) is 0 Å². The predicted molar refractivity (Wildman–Crippen MR) is 58.7 cm³/mol. The molecule has 1 aromatic rings. The lowest BCUT2D eigenvalue weighted by Crippen LogP contribution is -2.29. The zero-order valence-corrected chi connectivity index (χ0v) is 9.71. The topological polar surface area (TPSA) is 41.3 Å². The molecule has 1 saturated heterocycles. The lowest BCUT2D eigenvalue weighted by molar-refractivity contribution is 0.282. The van der Waals surface area contributed by atoms with Crippen molar-refractivity contribution in [2.45, 2.75) is 32.9 Å². The van der Waals surface area contributed by atoms with E-state index in [1.807, 2.05) is 20.9 Å². The number of nitrogens with zero attached hydrogens (tertiary/aromatic N) is 2. The van der Waals surface area contributed by atoms with Gasteiger partial charge in [0, 0.05) is 19.1 Å². The van der Waals surface area contributed by atoms with E-state index in [0.29, 0.717) is 6.04 Å². The van der Waals surface area contributed by atoms with Crippen molar-refractivity contribution in [3.05, 3.63) is 17.3 Å². The summed E-state index contributed by atoms with van der Waals surface area (Å²) in [5.41, 5.74) is 1.01. The van der Waals surface area contributed by atoms with Crippen LogP contribution in [0.2, 0.25) is 0 Å². The van der Waals surface area contributed by atoms with Gasteiger partial charge in [0.05, 0.1) is 12.2 Å². The highest BCUT2D eigenvalue weighted by Crippen LogP contribution is 2.15. The van der Waals surface area contributed by atoms with Crippen LogP contribution in [0.4, 0.5) is 0 Å². The number of likely N-dealkylation sites (N-methyl/N-ethyl adjacent to an activating group) is 1. The SMILES string of the molecule is CNC1CCN(Cc2nc(C)c(C)o2)C1. The summed E-state index contributed by atoms with van der Waals surface area (Å²) in [4.78, 5) is 6.78. The molecular formula is C11H19N3O. The van der Waals surface area contributed by atoms with Crippen molar-refractivity contribution >= 4 is 0 Å². The Balaban J connectivity index is 1.92. The third-order valence-corrected chi connectivity index (χ3v) is 3.11. The Labute approximate surface area is 90.7 Å². The number of likely N-dealkylation sites (tertiary alicyclic amines) is 1. The van der Waals surface area contributed by atoms with E-state index in [2.05, 4.69) is 15.2 Å². The van der Waals surface area contributed by atoms with E-state index in [9.17, 15) is 0 Å². The Kier molecular flexibility index (Phi) is 3.07. The zero-order chi connectivity index (χ0) is 10.8. The van der Waals surface area contributed by atoms with Crippen LogP contribution in [0.3, 0.4) is 0 Å². The third kappa shape index (κ3) is 2.38. The number of oxazole rings is 1. The number of aryl methyl sites for hydroxylation is 2. The molecule has 4 heteroatoms. The third-order valence-electron chi connectivity index (χ3n) is 3.11. The van der Waals surface area contributed by atoms with Gasteiger partial charge in [0.25, 0.3) is 0 Å². The highest BCUT2D eigenvalue weighted by molar-refractivity contribution is 5.05. The van der Waals surface area contributed by atoms with Gasteiger partial charge in [0.15, 0.2) is 0 Å². The van der Waals surface area contributed by atoms with E-state index in [-0.39, 0.29) is 0 Å². The van der Waals surface area contributed by atoms with Crippen LogP contribution < -0.4 is 5.32 Å². The van der Waals surface area contributed by atoms with Gasteiger partial charge in [-0.1, -0.05) is 0 Å². The van der Waals surface area contributed by atoms with E-state index in [1.165, 1.54) is 6.42 Å². The van der Waals surface area contributed by atoms with Gasteiger partial charge in [-0.25, -0.2) is 4.98 Å². The van der Waals surface area contributed by atoms with Crippen molar-refractivity contribution in [3.8, 4) is 0 Å². The largest absolute Gasteiger partial charge is 0.444 e. The summed E-state index contributed by atoms with van der Waals surface area (Å²) in [6.07, 6.45) is 1.22. The maximum absolute atomic E-state index is 5.57. The van der Waals surface area contributed by atoms with Crippen LogP contribution in [0.1, 0.15) is 23.8 Å². The minimum Gasteiger partial charge on any atom is -0.444 e. The molecule has 1 aliphatic heterocycles. The molecule has 1 N–H and O–H groups in total. The predicted octanol–water partition coefficient (Wildman–Crippen LogP) is 1.09. The van der Waals surface area contributed by atoms with Crippen LogP contribution in [-0.2, 0) is 6.54 Å². The van der Waals surface area contributed by atoms with Crippen molar-refractivity contribution < 1.29 is 4.42 Å². The van der Waals surface area contributed by atoms with E-state index in [1.54, 1.807) is 0 Å². The summed E-state index contributed by atoms with van der Waals surface area (Å²) < 4.78 is 5.57. The maximum Gasteiger partial charge on any atom is 0.208 e. The molecule has 0 aromatic carbocycles. The lowest BCUT2D eigenvalue weighted by atomic mass is 10.3. The smallest absolute Gasteiger partial charge is 0.208 e. The minimum absolute atomic E-state index is 0.627. The number of nitrogens with one attached hydrogen (secondary N) is 1. The van der Waals surface area contributed by atoms with Gasteiger partial charge in [0.2, 0.25) is 5.89 Å². The first-order chi connectivity index (χ1) is 7.19. The lowest BCUT2D eigenvalue weighted by Gasteiger charge is -2.12. The summed E-state index contributed by atoms with van der Waals surface area (Å²) in [5, 5.41) is 3.30. The van der Waals surface area contributed by atoms with Crippen LogP contribution in [0.15, 0.2) is 4.42 Å². The Morgan fingerprint density at radius 2 is 2.33 bits per heavy atom. The highest BCUT2D eigenvalue weighted by Gasteiger charge is 2.22. The summed E-state index contributed by atoms with van der Waals surface area (Å²) in [6, 6.07) is 0.627. The molecule has 0 amide bonds. The summed E-state index contributed by atoms with van der Waals surface area (Å²) >= 11 is 0. The van der Waals surface area contributed by atoms with E-state index >= 15 is 0 Å². The molecule has 15 heavy (non-hydrogen) atoms. The quantitative estimate of drug-likeness (QED) is 0.809. The van der Waals surface area contributed by atoms with Crippen LogP contribution >= 0.6 is 0 Å². The Bertz CT molecular complexity index is 315. The summed E-state index contributed by atoms with van der Waals surface area (Å²) in [6.45, 7) is 7.02. The molecule has 1 unspecified atom stereocenters. The molecule has 0 aliphatic carbocycles. The monoisotopic (exact) mass is 209 g/mol. The van der Waals surface area contributed by atoms with Crippen molar-refractivity contribution in [2.24, 2.45) is 0 Å². The first kappa shape index (κ1) is 10.6. The molecule has 1 fully saturated rings. The Hall–Kier alpha value is -0.870. The molecule has 2 heterocycles. The normalized spacial score (nSPS) is 22.5. The molecular weight excluding hydrogens is 190 g/mol. The average Bonchev–Trinajstić information content (AvgIpc) is 2.76. The molecule has 4 nitrogen and oxygen atoms in total. The average molecular weight is 209 g/mol. The van der Waals surface area contributed by atoms with Gasteiger partial charge >= 0.3 is 0 Å². The van der Waals surface area contributed by atoms with Crippen LogP contribution in [0, 0.1) is 13.8 Å². The molecule has 84 valence electrons. The fourth-order valence-corrected chi connectivity index (χ4v) is 2.01. The number of hydrogen-bond acceptors (Lipinski definition) is 4. The zero-order valence-electron chi connectivity index (χ0n) is 9.71. The highest BCUT2D eigenvalue weighted by atomic mass is 16.4. The van der Waals surface area contributed by atoms with Crippen molar-refractivity contribution in [1.29, 1.82) is 0 Å². The van der Waals surface area contributed by atoms with Crippen LogP contribution in [-0.4, -0.2) is 36.1 Å². The van der Waals surface area contributed by atoms with Crippen molar-refractivity contribution in [2.75, 3.05) is 20.1 Å². The number of hydrogen-bond donors (Lipinski definition) is 1. The van der Waals surface area contributed by atoms with Gasteiger partial charge in [0.1, 0.15) is 5.76 Å². The Morgan fingerprint density at radius 3 is 2.87 bits per heavy atom. The van der Waals surface area contributed by atoms with Crippen molar-refractivity contribution in [3.63, 3.8) is 0 Å². The van der Waals surface area contributed by atoms with Gasteiger partial charge in [-0.3, -0.25) is 4.90 Å². The van der Waals surface area contributed by atoms with E-state index in [0.717, 1.165) is 37.0 Å². The minimum atomic E-state index is 0.627. The van der Waals surface area contributed by atoms with E-state index < -0.39 is 0 Å². The van der Waals surface area contributed by atoms with E-state index in [4.69, 9.17) is 4.42 Å². The fraction of sp³-hybridized carbons (Fsp3) is 0.727. The first-order valence-electron chi connectivity index (χ1n) is 5.51. The van der Waals surface area contributed by atoms with Crippen LogP contribution in [0.5, 0.6) is 0 Å². The molecule has 1 aromatic heterocycles. The maximum atomic E-state index is 5.57.